The maximum Gasteiger partial charge on any atom is 0.249 e. The van der Waals surface area contributed by atoms with E-state index in [1.807, 2.05) is 0 Å². The second-order valence-electron chi connectivity index (χ2n) is 11.5. The standard InChI is InChI=1S/C34H43N7O8/c35-12-17-48-18-14-37-33(46)27-11-13-36-29(42)9-10-31(44)41-15-3-7-25(22-41)32(45)40-28(20-26-8-4-16-49-26)34(47)38-21-24-6-2-1-5-23(24)19-30(43)39-27/h1-2,4-10,16,27-28H,3,11-15,17-22,35H2,(H,36,42)(H,37,46)(H,38,47)(H,39,43)(H,40,45)/b10-9+/t27-,28-/m0/s1. The number of furan rings is 1. The van der Waals surface area contributed by atoms with E-state index in [1.54, 1.807) is 42.5 Å². The third-order valence-electron chi connectivity index (χ3n) is 7.85. The summed E-state index contributed by atoms with van der Waals surface area (Å²) in [5.74, 6) is -2.45. The molecule has 0 aliphatic carbocycles. The molecule has 49 heavy (non-hydrogen) atoms. The molecule has 2 aliphatic rings. The summed E-state index contributed by atoms with van der Waals surface area (Å²) in [5.41, 5.74) is 7.02. The SMILES string of the molecule is NCCOCCNC(=O)[C@@H]1CCNC(=O)/C=C/C(=O)N2CCC=C(C2)C(=O)N[C@@H](Cc2ccco2)C(=O)NCc2ccccc2CC(=O)N1. The number of nitrogens with zero attached hydrogens (tertiary/aromatic N) is 1. The Bertz CT molecular complexity index is 1540. The van der Waals surface area contributed by atoms with E-state index in [2.05, 4.69) is 26.6 Å². The molecule has 4 rings (SSSR count). The highest BCUT2D eigenvalue weighted by molar-refractivity contribution is 6.00. The number of rotatable bonds is 8. The minimum Gasteiger partial charge on any atom is -0.469 e. The third-order valence-corrected chi connectivity index (χ3v) is 7.85. The van der Waals surface area contributed by atoms with Gasteiger partial charge in [0, 0.05) is 56.9 Å². The molecular formula is C34H43N7O8. The van der Waals surface area contributed by atoms with E-state index in [0.29, 0.717) is 48.6 Å². The molecule has 1 aromatic carbocycles. The molecular weight excluding hydrogens is 634 g/mol. The Kier molecular flexibility index (Phi) is 14.1. The topological polar surface area (TPSA) is 214 Å². The van der Waals surface area contributed by atoms with Gasteiger partial charge in [-0.2, -0.15) is 0 Å². The molecule has 6 amide bonds. The van der Waals surface area contributed by atoms with Crippen LogP contribution in [0.25, 0.3) is 0 Å². The second kappa shape index (κ2) is 18.9. The van der Waals surface area contributed by atoms with E-state index >= 15 is 0 Å². The predicted molar refractivity (Wildman–Crippen MR) is 177 cm³/mol. The summed E-state index contributed by atoms with van der Waals surface area (Å²) >= 11 is 0. The van der Waals surface area contributed by atoms with Crippen LogP contribution < -0.4 is 32.3 Å². The number of ether oxygens (including phenoxy) is 1. The van der Waals surface area contributed by atoms with Crippen molar-refractivity contribution in [2.45, 2.75) is 44.3 Å². The van der Waals surface area contributed by atoms with Gasteiger partial charge >= 0.3 is 0 Å². The van der Waals surface area contributed by atoms with Gasteiger partial charge in [0.1, 0.15) is 17.8 Å². The second-order valence-corrected chi connectivity index (χ2v) is 11.5. The molecule has 15 heteroatoms. The first-order valence-corrected chi connectivity index (χ1v) is 16.2. The van der Waals surface area contributed by atoms with Gasteiger partial charge in [-0.15, -0.1) is 0 Å². The van der Waals surface area contributed by atoms with E-state index in [4.69, 9.17) is 14.9 Å². The van der Waals surface area contributed by atoms with Gasteiger partial charge in [0.25, 0.3) is 0 Å². The summed E-state index contributed by atoms with van der Waals surface area (Å²) in [6.07, 6.45) is 5.84. The van der Waals surface area contributed by atoms with Gasteiger partial charge < -0.3 is 46.4 Å². The monoisotopic (exact) mass is 677 g/mol. The minimum atomic E-state index is -1.01. The van der Waals surface area contributed by atoms with Crippen molar-refractivity contribution in [1.82, 2.24) is 31.5 Å². The molecule has 262 valence electrons. The fourth-order valence-electron chi connectivity index (χ4n) is 5.29. The maximum atomic E-state index is 13.5. The molecule has 2 bridgehead atoms. The van der Waals surface area contributed by atoms with Crippen LogP contribution in [0.15, 0.2) is 70.9 Å². The number of carbonyl (C=O) groups excluding carboxylic acids is 6. The van der Waals surface area contributed by atoms with Crippen molar-refractivity contribution < 1.29 is 37.9 Å². The fourth-order valence-corrected chi connectivity index (χ4v) is 5.29. The van der Waals surface area contributed by atoms with Crippen LogP contribution in [0, 0.1) is 0 Å². The largest absolute Gasteiger partial charge is 0.469 e. The van der Waals surface area contributed by atoms with Crippen molar-refractivity contribution in [1.29, 1.82) is 0 Å². The normalized spacial score (nSPS) is 20.6. The molecule has 2 aromatic rings. The fraction of sp³-hybridized carbons (Fsp3) is 0.412. The van der Waals surface area contributed by atoms with Crippen molar-refractivity contribution >= 4 is 35.4 Å². The van der Waals surface area contributed by atoms with Crippen molar-refractivity contribution in [3.8, 4) is 0 Å². The van der Waals surface area contributed by atoms with E-state index in [9.17, 15) is 28.8 Å². The lowest BCUT2D eigenvalue weighted by molar-refractivity contribution is -0.129. The van der Waals surface area contributed by atoms with Crippen LogP contribution in [0.3, 0.4) is 0 Å². The van der Waals surface area contributed by atoms with Crippen LogP contribution in [0.2, 0.25) is 0 Å². The van der Waals surface area contributed by atoms with Crippen LogP contribution in [-0.4, -0.2) is 98.4 Å². The Morgan fingerprint density at radius 2 is 1.82 bits per heavy atom. The molecule has 3 heterocycles. The molecule has 0 fully saturated rings. The highest BCUT2D eigenvalue weighted by Gasteiger charge is 2.27. The first kappa shape index (κ1) is 36.6. The average molecular weight is 678 g/mol. The summed E-state index contributed by atoms with van der Waals surface area (Å²) in [4.78, 5) is 80.0. The van der Waals surface area contributed by atoms with E-state index in [0.717, 1.165) is 12.2 Å². The van der Waals surface area contributed by atoms with Crippen molar-refractivity contribution in [2.75, 3.05) is 45.9 Å². The average Bonchev–Trinajstić information content (AvgIpc) is 3.62. The summed E-state index contributed by atoms with van der Waals surface area (Å²) < 4.78 is 10.7. The Morgan fingerprint density at radius 3 is 2.59 bits per heavy atom. The predicted octanol–water partition coefficient (Wildman–Crippen LogP) is -1.02. The Labute approximate surface area is 284 Å². The molecule has 0 saturated carbocycles. The Balaban J connectivity index is 1.55. The summed E-state index contributed by atoms with van der Waals surface area (Å²) in [6, 6.07) is 8.44. The van der Waals surface area contributed by atoms with Crippen molar-refractivity contribution in [3.05, 3.63) is 83.3 Å². The lowest BCUT2D eigenvalue weighted by Crippen LogP contribution is -2.50. The first-order valence-electron chi connectivity index (χ1n) is 16.2. The lowest BCUT2D eigenvalue weighted by atomic mass is 10.0. The number of carbonyl (C=O) groups is 6. The Morgan fingerprint density at radius 1 is 1.00 bits per heavy atom. The van der Waals surface area contributed by atoms with Gasteiger partial charge in [-0.05, 0) is 36.1 Å². The molecule has 15 nitrogen and oxygen atoms in total. The van der Waals surface area contributed by atoms with Crippen LogP contribution >= 0.6 is 0 Å². The number of hydrogen-bond acceptors (Lipinski definition) is 9. The van der Waals surface area contributed by atoms with Gasteiger partial charge in [-0.1, -0.05) is 30.3 Å². The minimum absolute atomic E-state index is 0.00710. The van der Waals surface area contributed by atoms with E-state index < -0.39 is 47.5 Å². The third kappa shape index (κ3) is 11.7. The van der Waals surface area contributed by atoms with Gasteiger partial charge in [0.2, 0.25) is 35.4 Å². The van der Waals surface area contributed by atoms with Gasteiger partial charge in [-0.3, -0.25) is 28.8 Å². The maximum absolute atomic E-state index is 13.5. The summed E-state index contributed by atoms with van der Waals surface area (Å²) in [7, 11) is 0. The van der Waals surface area contributed by atoms with Crippen LogP contribution in [0.1, 0.15) is 29.7 Å². The zero-order valence-corrected chi connectivity index (χ0v) is 27.2. The molecule has 0 unspecified atom stereocenters. The lowest BCUT2D eigenvalue weighted by Gasteiger charge is -2.27. The first-order chi connectivity index (χ1) is 23.7. The van der Waals surface area contributed by atoms with Gasteiger partial charge in [0.15, 0.2) is 0 Å². The number of fused-ring (bicyclic) bond motifs is 3. The number of nitrogens with one attached hydrogen (secondary N) is 5. The molecule has 0 saturated heterocycles. The van der Waals surface area contributed by atoms with Crippen molar-refractivity contribution in [2.24, 2.45) is 5.73 Å². The van der Waals surface area contributed by atoms with Crippen molar-refractivity contribution in [3.63, 3.8) is 0 Å². The molecule has 0 radical (unpaired) electrons. The summed E-state index contributed by atoms with van der Waals surface area (Å²) in [6.45, 7) is 1.53. The van der Waals surface area contributed by atoms with E-state index in [-0.39, 0.29) is 52.0 Å². The molecule has 7 N–H and O–H groups in total. The highest BCUT2D eigenvalue weighted by atomic mass is 16.5. The Hall–Kier alpha value is -5.28. The summed E-state index contributed by atoms with van der Waals surface area (Å²) in [5, 5.41) is 13.7. The molecule has 1 aromatic heterocycles. The van der Waals surface area contributed by atoms with E-state index in [1.165, 1.54) is 11.2 Å². The number of nitrogens with two attached hydrogens (primary N) is 1. The number of hydrogen-bond donors (Lipinski definition) is 6. The zero-order chi connectivity index (χ0) is 35.0. The van der Waals surface area contributed by atoms with Crippen LogP contribution in [0.5, 0.6) is 0 Å². The zero-order valence-electron chi connectivity index (χ0n) is 27.2. The quantitative estimate of drug-likeness (QED) is 0.188. The van der Waals surface area contributed by atoms with Crippen LogP contribution in [0.4, 0.5) is 0 Å². The molecule has 2 atom stereocenters. The highest BCUT2D eigenvalue weighted by Crippen LogP contribution is 2.14. The molecule has 0 spiro atoms. The van der Waals surface area contributed by atoms with Gasteiger partial charge in [-0.25, -0.2) is 0 Å². The van der Waals surface area contributed by atoms with Crippen LogP contribution in [-0.2, 0) is 52.9 Å². The number of benzene rings is 1. The number of amides is 6. The van der Waals surface area contributed by atoms with Gasteiger partial charge in [0.05, 0.1) is 32.4 Å². The smallest absolute Gasteiger partial charge is 0.249 e. The molecule has 2 aliphatic heterocycles.